The average molecular weight is 246 g/mol. The molecule has 0 amide bonds. The summed E-state index contributed by atoms with van der Waals surface area (Å²) >= 11 is 2.12. The van der Waals surface area contributed by atoms with E-state index in [1.807, 2.05) is 36.4 Å². The summed E-state index contributed by atoms with van der Waals surface area (Å²) in [5.74, 6) is 0. The fraction of sp³-hybridized carbons (Fsp3) is 0. The van der Waals surface area contributed by atoms with Gasteiger partial charge in [-0.2, -0.15) is 0 Å². The number of halogens is 1. The monoisotopic (exact) mass is 246 g/mol. The summed E-state index contributed by atoms with van der Waals surface area (Å²) in [5.41, 5.74) is 0. The fourth-order valence-corrected chi connectivity index (χ4v) is 0.867. The summed E-state index contributed by atoms with van der Waals surface area (Å²) in [5, 5.41) is 0. The van der Waals surface area contributed by atoms with E-state index in [-0.39, 0.29) is 0 Å². The van der Waals surface area contributed by atoms with Crippen molar-refractivity contribution in [3.63, 3.8) is 0 Å². The van der Waals surface area contributed by atoms with Crippen molar-refractivity contribution < 1.29 is 4.42 Å². The molecule has 0 unspecified atom stereocenters. The molecule has 0 aliphatic heterocycles. The molecule has 1 rings (SSSR count). The van der Waals surface area contributed by atoms with Gasteiger partial charge in [0.05, 0.1) is 6.26 Å². The Labute approximate surface area is 73.5 Å². The van der Waals surface area contributed by atoms with Crippen molar-refractivity contribution in [2.75, 3.05) is 0 Å². The van der Waals surface area contributed by atoms with Crippen molar-refractivity contribution in [3.05, 3.63) is 46.4 Å². The fourth-order valence-electron chi connectivity index (χ4n) is 0.513. The van der Waals surface area contributed by atoms with Crippen LogP contribution in [0.3, 0.4) is 0 Å². The molecule has 0 aliphatic rings. The molecule has 0 aromatic carbocycles. The molecule has 1 aromatic heterocycles. The van der Waals surface area contributed by atoms with E-state index in [2.05, 4.69) is 22.6 Å². The van der Waals surface area contributed by atoms with Gasteiger partial charge in [-0.1, -0.05) is 24.3 Å². The minimum atomic E-state index is 0.869. The summed E-state index contributed by atoms with van der Waals surface area (Å²) in [6, 6.07) is 11.5. The van der Waals surface area contributed by atoms with Crippen molar-refractivity contribution in [1.29, 1.82) is 0 Å². The Morgan fingerprint density at radius 2 is 1.70 bits per heavy atom. The van der Waals surface area contributed by atoms with Crippen LogP contribution in [0.2, 0.25) is 0 Å². The lowest BCUT2D eigenvalue weighted by atomic mass is 10.5. The Balaban J connectivity index is 3.13. The summed E-state index contributed by atoms with van der Waals surface area (Å²) < 4.78 is 6.00. The molecule has 0 radical (unpaired) electrons. The highest BCUT2D eigenvalue weighted by molar-refractivity contribution is 14.1. The molecule has 0 aliphatic carbocycles. The third kappa shape index (κ3) is 2.87. The molecule has 10 heavy (non-hydrogen) atoms. The minimum absolute atomic E-state index is 0.869. The summed E-state index contributed by atoms with van der Waals surface area (Å²) in [6.07, 6.45) is 1.65. The number of hydrogen-bond acceptors (Lipinski definition) is 1. The quantitative estimate of drug-likeness (QED) is 0.641. The Morgan fingerprint density at radius 3 is 2.60 bits per heavy atom. The lowest BCUT2D eigenvalue weighted by Gasteiger charge is -1.76. The molecular weight excluding hydrogens is 239 g/mol. The summed E-state index contributed by atoms with van der Waals surface area (Å²) in [4.78, 5) is 0. The highest BCUT2D eigenvalue weighted by Crippen LogP contribution is 1.98. The van der Waals surface area contributed by atoms with Crippen LogP contribution in [-0.2, 0) is 0 Å². The van der Waals surface area contributed by atoms with Crippen LogP contribution in [0, 0.1) is 3.77 Å². The van der Waals surface area contributed by atoms with Gasteiger partial charge in [-0.15, -0.1) is 0 Å². The minimum Gasteiger partial charge on any atom is -0.459 e. The second kappa shape index (κ2) is 4.33. The molecule has 0 spiro atoms. The second-order valence-corrected chi connectivity index (χ2v) is 2.75. The van der Waals surface area contributed by atoms with Crippen molar-refractivity contribution in [1.82, 2.24) is 0 Å². The third-order valence-electron chi connectivity index (χ3n) is 0.931. The van der Waals surface area contributed by atoms with E-state index in [4.69, 9.17) is 4.42 Å². The van der Waals surface area contributed by atoms with E-state index in [1.54, 1.807) is 6.26 Å². The van der Waals surface area contributed by atoms with Gasteiger partial charge in [-0.3, -0.25) is 0 Å². The third-order valence-corrected chi connectivity index (χ3v) is 1.54. The lowest BCUT2D eigenvalue weighted by Crippen LogP contribution is -1.55. The largest absolute Gasteiger partial charge is 0.459 e. The van der Waals surface area contributed by atoms with Crippen LogP contribution >= 0.6 is 22.6 Å². The molecule has 1 aromatic rings. The lowest BCUT2D eigenvalue weighted by molar-refractivity contribution is 0.524. The topological polar surface area (TPSA) is 13.1 Å². The summed E-state index contributed by atoms with van der Waals surface area (Å²) in [6.45, 7) is 0. The molecule has 0 bridgehead atoms. The zero-order valence-corrected chi connectivity index (χ0v) is 7.49. The van der Waals surface area contributed by atoms with Crippen LogP contribution in [0.4, 0.5) is 0 Å². The van der Waals surface area contributed by atoms with Gasteiger partial charge in [0.1, 0.15) is 0 Å². The highest BCUT2D eigenvalue weighted by atomic mass is 127. The number of rotatable bonds is 0. The van der Waals surface area contributed by atoms with Gasteiger partial charge in [0.2, 0.25) is 0 Å². The van der Waals surface area contributed by atoms with E-state index < -0.39 is 0 Å². The Hall–Kier alpha value is -0.510. The van der Waals surface area contributed by atoms with E-state index in [9.17, 15) is 0 Å². The molecule has 0 atom stereocenters. The van der Waals surface area contributed by atoms with Gasteiger partial charge < -0.3 is 4.42 Å². The normalized spacial score (nSPS) is 8.50. The molecule has 0 fully saturated rings. The molecule has 0 saturated carbocycles. The van der Waals surface area contributed by atoms with Crippen LogP contribution in [0.15, 0.2) is 47.1 Å². The van der Waals surface area contributed by atoms with E-state index >= 15 is 0 Å². The standard InChI is InChI=1S/C8H7IO/c9-8-6-4-2-1-3-5-7-10-8/h1-7H. The molecule has 2 heteroatoms. The predicted octanol–water partition coefficient (Wildman–Crippen LogP) is 3.01. The first-order valence-electron chi connectivity index (χ1n) is 2.92. The molecule has 0 saturated heterocycles. The Kier molecular flexibility index (Phi) is 3.29. The maximum atomic E-state index is 5.13. The van der Waals surface area contributed by atoms with Crippen molar-refractivity contribution in [2.45, 2.75) is 0 Å². The summed E-state index contributed by atoms with van der Waals surface area (Å²) in [7, 11) is 0. The van der Waals surface area contributed by atoms with E-state index in [1.165, 1.54) is 0 Å². The van der Waals surface area contributed by atoms with Crippen LogP contribution in [0.25, 0.3) is 0 Å². The molecule has 52 valence electrons. The first-order chi connectivity index (χ1) is 4.89. The zero-order chi connectivity index (χ0) is 7.23. The maximum absolute atomic E-state index is 5.13. The van der Waals surface area contributed by atoms with Gasteiger partial charge in [0.25, 0.3) is 0 Å². The SMILES string of the molecule is Ic1ccccccco1. The molecule has 0 N–H and O–H groups in total. The zero-order valence-electron chi connectivity index (χ0n) is 5.33. The van der Waals surface area contributed by atoms with Crippen LogP contribution < -0.4 is 0 Å². The second-order valence-electron chi connectivity index (χ2n) is 1.69. The van der Waals surface area contributed by atoms with Gasteiger partial charge in [-0.05, 0) is 34.7 Å². The van der Waals surface area contributed by atoms with E-state index in [0.717, 1.165) is 3.77 Å². The Morgan fingerprint density at radius 1 is 1.00 bits per heavy atom. The van der Waals surface area contributed by atoms with Crippen molar-refractivity contribution >= 4 is 22.6 Å². The first kappa shape index (κ1) is 7.60. The van der Waals surface area contributed by atoms with E-state index in [0.29, 0.717) is 0 Å². The van der Waals surface area contributed by atoms with Crippen LogP contribution in [0.1, 0.15) is 0 Å². The van der Waals surface area contributed by atoms with Gasteiger partial charge in [0.15, 0.2) is 3.77 Å². The molecule has 1 heterocycles. The van der Waals surface area contributed by atoms with Crippen LogP contribution in [0.5, 0.6) is 0 Å². The van der Waals surface area contributed by atoms with Gasteiger partial charge >= 0.3 is 0 Å². The van der Waals surface area contributed by atoms with Crippen molar-refractivity contribution in [3.8, 4) is 0 Å². The van der Waals surface area contributed by atoms with Crippen LogP contribution in [-0.4, -0.2) is 0 Å². The van der Waals surface area contributed by atoms with Crippen molar-refractivity contribution in [2.24, 2.45) is 0 Å². The van der Waals surface area contributed by atoms with Gasteiger partial charge in [-0.25, -0.2) is 0 Å². The predicted molar refractivity (Wildman–Crippen MR) is 49.1 cm³/mol. The Bertz CT molecular complexity index is 217. The highest BCUT2D eigenvalue weighted by Gasteiger charge is 1.74. The maximum Gasteiger partial charge on any atom is 0.163 e. The number of hydrogen-bond donors (Lipinski definition) is 0. The first-order valence-corrected chi connectivity index (χ1v) is 4.00. The molecular formula is C8H7IO. The van der Waals surface area contributed by atoms with Gasteiger partial charge in [0, 0.05) is 0 Å². The molecule has 1 nitrogen and oxygen atoms in total. The smallest absolute Gasteiger partial charge is 0.163 e. The average Bonchev–Trinajstić information content (AvgIpc) is 2.02.